The van der Waals surface area contributed by atoms with Crippen LogP contribution in [0, 0.1) is 13.8 Å². The lowest BCUT2D eigenvalue weighted by molar-refractivity contribution is -0.134. The fourth-order valence-electron chi connectivity index (χ4n) is 4.15. The minimum absolute atomic E-state index is 0.0761. The molecule has 0 bridgehead atoms. The van der Waals surface area contributed by atoms with Crippen LogP contribution in [-0.2, 0) is 18.3 Å². The van der Waals surface area contributed by atoms with Crippen LogP contribution in [0.3, 0.4) is 0 Å². The summed E-state index contributed by atoms with van der Waals surface area (Å²) in [5.74, 6) is 0.161. The van der Waals surface area contributed by atoms with E-state index >= 15 is 0 Å². The zero-order valence-corrected chi connectivity index (χ0v) is 16.8. The number of amides is 1. The van der Waals surface area contributed by atoms with Crippen LogP contribution < -0.4 is 0 Å². The number of piperidine rings is 1. The van der Waals surface area contributed by atoms with Gasteiger partial charge in [0.15, 0.2) is 0 Å². The summed E-state index contributed by atoms with van der Waals surface area (Å²) in [4.78, 5) is 15.3. The van der Waals surface area contributed by atoms with Crippen molar-refractivity contribution < 1.29 is 4.79 Å². The zero-order valence-electron chi connectivity index (χ0n) is 16.8. The largest absolute Gasteiger partial charge is 0.334 e. The molecule has 1 aliphatic rings. The van der Waals surface area contributed by atoms with E-state index in [1.54, 1.807) is 0 Å². The molecule has 0 aliphatic carbocycles. The van der Waals surface area contributed by atoms with Crippen LogP contribution in [0.25, 0.3) is 5.69 Å². The van der Waals surface area contributed by atoms with E-state index in [0.29, 0.717) is 6.42 Å². The highest BCUT2D eigenvalue weighted by atomic mass is 16.2. The Labute approximate surface area is 165 Å². The number of likely N-dealkylation sites (tertiary alicyclic amines) is 1. The highest BCUT2D eigenvalue weighted by Gasteiger charge is 2.30. The predicted octanol–water partition coefficient (Wildman–Crippen LogP) is 3.52. The Hall–Kier alpha value is -2.89. The topological polar surface area (TPSA) is 56.0 Å². The van der Waals surface area contributed by atoms with Gasteiger partial charge in [0.25, 0.3) is 0 Å². The van der Waals surface area contributed by atoms with Crippen LogP contribution in [-0.4, -0.2) is 36.9 Å². The van der Waals surface area contributed by atoms with E-state index in [0.717, 1.165) is 54.1 Å². The molecule has 1 fully saturated rings. The summed E-state index contributed by atoms with van der Waals surface area (Å²) >= 11 is 0. The number of benzene rings is 1. The maximum atomic E-state index is 13.3. The van der Waals surface area contributed by atoms with E-state index in [4.69, 9.17) is 0 Å². The van der Waals surface area contributed by atoms with E-state index in [1.807, 2.05) is 77.8 Å². The van der Waals surface area contributed by atoms with E-state index in [1.165, 1.54) is 0 Å². The molecule has 1 aromatic carbocycles. The van der Waals surface area contributed by atoms with Gasteiger partial charge in [0.2, 0.25) is 5.91 Å². The Balaban J connectivity index is 1.58. The number of nitrogens with zero attached hydrogens (tertiary/aromatic N) is 5. The molecular formula is C22H27N5O. The third-order valence-electron chi connectivity index (χ3n) is 5.67. The molecule has 28 heavy (non-hydrogen) atoms. The average molecular weight is 377 g/mol. The van der Waals surface area contributed by atoms with Crippen LogP contribution in [0.2, 0.25) is 0 Å². The Morgan fingerprint density at radius 2 is 1.89 bits per heavy atom. The van der Waals surface area contributed by atoms with Crippen molar-refractivity contribution in [2.45, 2.75) is 45.6 Å². The first-order valence-electron chi connectivity index (χ1n) is 9.94. The van der Waals surface area contributed by atoms with Gasteiger partial charge in [0, 0.05) is 31.0 Å². The number of carbonyl (C=O) groups is 1. The number of aromatic nitrogens is 4. The number of hydrogen-bond donors (Lipinski definition) is 0. The summed E-state index contributed by atoms with van der Waals surface area (Å²) in [6.45, 7) is 4.83. The van der Waals surface area contributed by atoms with Crippen molar-refractivity contribution in [3.05, 3.63) is 65.2 Å². The Morgan fingerprint density at radius 3 is 2.61 bits per heavy atom. The van der Waals surface area contributed by atoms with Gasteiger partial charge >= 0.3 is 0 Å². The summed E-state index contributed by atoms with van der Waals surface area (Å²) in [7, 11) is 1.92. The number of para-hydroxylation sites is 1. The minimum atomic E-state index is 0.0761. The zero-order chi connectivity index (χ0) is 19.7. The minimum Gasteiger partial charge on any atom is -0.334 e. The summed E-state index contributed by atoms with van der Waals surface area (Å²) < 4.78 is 3.75. The van der Waals surface area contributed by atoms with E-state index in [2.05, 4.69) is 10.2 Å². The van der Waals surface area contributed by atoms with Crippen molar-refractivity contribution in [2.75, 3.05) is 6.54 Å². The first kappa shape index (κ1) is 18.5. The van der Waals surface area contributed by atoms with Crippen molar-refractivity contribution in [1.82, 2.24) is 24.5 Å². The lowest BCUT2D eigenvalue weighted by atomic mass is 9.98. The molecule has 1 amide bonds. The number of carbonyl (C=O) groups excluding carboxylic acids is 1. The van der Waals surface area contributed by atoms with Gasteiger partial charge in [0.05, 0.1) is 29.5 Å². The number of aryl methyl sites for hydroxylation is 2. The molecule has 1 aliphatic heterocycles. The second-order valence-electron chi connectivity index (χ2n) is 7.59. The lowest BCUT2D eigenvalue weighted by Gasteiger charge is -2.35. The third-order valence-corrected chi connectivity index (χ3v) is 5.67. The van der Waals surface area contributed by atoms with Crippen LogP contribution in [0.4, 0.5) is 0 Å². The molecule has 1 saturated heterocycles. The molecule has 0 N–H and O–H groups in total. The molecule has 1 atom stereocenters. The van der Waals surface area contributed by atoms with Gasteiger partial charge < -0.3 is 4.90 Å². The quantitative estimate of drug-likeness (QED) is 0.699. The molecule has 6 nitrogen and oxygen atoms in total. The van der Waals surface area contributed by atoms with Gasteiger partial charge in [-0.3, -0.25) is 9.48 Å². The summed E-state index contributed by atoms with van der Waals surface area (Å²) in [5, 5.41) is 9.25. The van der Waals surface area contributed by atoms with Gasteiger partial charge in [-0.15, -0.1) is 0 Å². The third kappa shape index (κ3) is 3.46. The van der Waals surface area contributed by atoms with Crippen molar-refractivity contribution in [3.63, 3.8) is 0 Å². The lowest BCUT2D eigenvalue weighted by Crippen LogP contribution is -2.39. The maximum Gasteiger partial charge on any atom is 0.227 e. The average Bonchev–Trinajstić information content (AvgIpc) is 3.27. The first-order chi connectivity index (χ1) is 13.5. The predicted molar refractivity (Wildman–Crippen MR) is 108 cm³/mol. The number of hydrogen-bond acceptors (Lipinski definition) is 3. The van der Waals surface area contributed by atoms with Crippen molar-refractivity contribution in [1.29, 1.82) is 0 Å². The highest BCUT2D eigenvalue weighted by molar-refractivity contribution is 5.80. The Kier molecular flexibility index (Phi) is 5.03. The van der Waals surface area contributed by atoms with Crippen LogP contribution in [0.15, 0.2) is 42.6 Å². The molecule has 1 unspecified atom stereocenters. The molecule has 146 valence electrons. The van der Waals surface area contributed by atoms with Crippen molar-refractivity contribution >= 4 is 5.91 Å². The van der Waals surface area contributed by atoms with Gasteiger partial charge in [-0.1, -0.05) is 18.2 Å². The van der Waals surface area contributed by atoms with Crippen molar-refractivity contribution in [3.8, 4) is 5.69 Å². The van der Waals surface area contributed by atoms with E-state index in [9.17, 15) is 4.79 Å². The molecule has 0 radical (unpaired) electrons. The van der Waals surface area contributed by atoms with Crippen LogP contribution >= 0.6 is 0 Å². The second kappa shape index (κ2) is 7.62. The second-order valence-corrected chi connectivity index (χ2v) is 7.59. The van der Waals surface area contributed by atoms with Crippen molar-refractivity contribution in [2.24, 2.45) is 7.05 Å². The Bertz CT molecular complexity index is 972. The molecule has 4 rings (SSSR count). The van der Waals surface area contributed by atoms with Crippen LogP contribution in [0.1, 0.15) is 47.9 Å². The standard InChI is InChI=1S/C22H27N5O/c1-16-19(17(2)27(23-16)18-9-5-4-6-10-18)15-22(28)26-13-8-7-11-21(26)20-12-14-25(3)24-20/h4-6,9-10,12,14,21H,7-8,11,13,15H2,1-3H3. The first-order valence-corrected chi connectivity index (χ1v) is 9.94. The molecule has 2 aromatic heterocycles. The summed E-state index contributed by atoms with van der Waals surface area (Å²) in [6.07, 6.45) is 5.49. The molecule has 6 heteroatoms. The fourth-order valence-corrected chi connectivity index (χ4v) is 4.15. The number of rotatable bonds is 4. The van der Waals surface area contributed by atoms with Gasteiger partial charge in [-0.05, 0) is 51.3 Å². The smallest absolute Gasteiger partial charge is 0.227 e. The SMILES string of the molecule is Cc1nn(-c2ccccc2)c(C)c1CC(=O)N1CCCCC1c1ccn(C)n1. The van der Waals surface area contributed by atoms with Gasteiger partial charge in [-0.25, -0.2) is 4.68 Å². The molecular weight excluding hydrogens is 350 g/mol. The molecule has 3 heterocycles. The van der Waals surface area contributed by atoms with Gasteiger partial charge in [0.1, 0.15) is 0 Å². The fraction of sp³-hybridized carbons (Fsp3) is 0.409. The maximum absolute atomic E-state index is 13.3. The normalized spacial score (nSPS) is 17.1. The molecule has 0 spiro atoms. The summed E-state index contributed by atoms with van der Waals surface area (Å²) in [5.41, 5.74) is 4.99. The van der Waals surface area contributed by atoms with E-state index in [-0.39, 0.29) is 11.9 Å². The molecule has 0 saturated carbocycles. The van der Waals surface area contributed by atoms with Crippen LogP contribution in [0.5, 0.6) is 0 Å². The summed E-state index contributed by atoms with van der Waals surface area (Å²) in [6, 6.07) is 12.2. The molecule has 3 aromatic rings. The van der Waals surface area contributed by atoms with E-state index < -0.39 is 0 Å². The Morgan fingerprint density at radius 1 is 1.11 bits per heavy atom. The monoisotopic (exact) mass is 377 g/mol. The van der Waals surface area contributed by atoms with Gasteiger partial charge in [-0.2, -0.15) is 10.2 Å². The highest BCUT2D eigenvalue weighted by Crippen LogP contribution is 2.31.